The van der Waals surface area contributed by atoms with Gasteiger partial charge >= 0.3 is 0 Å². The van der Waals surface area contributed by atoms with Gasteiger partial charge in [0.25, 0.3) is 5.56 Å². The van der Waals surface area contributed by atoms with E-state index >= 15 is 0 Å². The van der Waals surface area contributed by atoms with Crippen LogP contribution in [0.15, 0.2) is 58.5 Å². The number of rotatable bonds is 6. The van der Waals surface area contributed by atoms with Crippen molar-refractivity contribution in [2.45, 2.75) is 31.6 Å². The molecule has 0 spiro atoms. The molecule has 7 heteroatoms. The van der Waals surface area contributed by atoms with Crippen molar-refractivity contribution in [3.05, 3.63) is 69.5 Å². The summed E-state index contributed by atoms with van der Waals surface area (Å²) in [6.07, 6.45) is 0. The third-order valence-corrected chi connectivity index (χ3v) is 5.38. The van der Waals surface area contributed by atoms with Crippen molar-refractivity contribution in [2.24, 2.45) is 0 Å². The molecule has 0 radical (unpaired) electrons. The Kier molecular flexibility index (Phi) is 6.19. The Morgan fingerprint density at radius 2 is 1.89 bits per heavy atom. The predicted octanol–water partition coefficient (Wildman–Crippen LogP) is 4.04. The normalized spacial score (nSPS) is 11.1. The molecular formula is C20H20ClN3O2S. The van der Waals surface area contributed by atoms with Gasteiger partial charge in [-0.3, -0.25) is 14.2 Å². The van der Waals surface area contributed by atoms with Gasteiger partial charge in [0.15, 0.2) is 5.16 Å². The van der Waals surface area contributed by atoms with Gasteiger partial charge in [-0.05, 0) is 37.6 Å². The molecule has 1 amide bonds. The summed E-state index contributed by atoms with van der Waals surface area (Å²) in [5.74, 6) is 0.0275. The first-order valence-electron chi connectivity index (χ1n) is 8.61. The zero-order valence-electron chi connectivity index (χ0n) is 15.1. The van der Waals surface area contributed by atoms with Crippen molar-refractivity contribution in [2.75, 3.05) is 5.75 Å². The molecule has 0 aliphatic carbocycles. The van der Waals surface area contributed by atoms with E-state index in [1.165, 1.54) is 11.8 Å². The number of fused-ring (bicyclic) bond motifs is 1. The summed E-state index contributed by atoms with van der Waals surface area (Å²) in [5.41, 5.74) is 1.41. The molecule has 0 aliphatic heterocycles. The molecule has 2 aromatic carbocycles. The van der Waals surface area contributed by atoms with Crippen LogP contribution in [0.3, 0.4) is 0 Å². The summed E-state index contributed by atoms with van der Waals surface area (Å²) in [7, 11) is 0. The van der Waals surface area contributed by atoms with E-state index in [0.29, 0.717) is 27.6 Å². The molecule has 140 valence electrons. The molecule has 3 aromatic rings. The van der Waals surface area contributed by atoms with Crippen molar-refractivity contribution in [3.8, 4) is 0 Å². The van der Waals surface area contributed by atoms with Crippen LogP contribution in [-0.4, -0.2) is 21.2 Å². The molecule has 1 heterocycles. The molecule has 0 atom stereocenters. The predicted molar refractivity (Wildman–Crippen MR) is 110 cm³/mol. The number of hydrogen-bond acceptors (Lipinski definition) is 4. The smallest absolute Gasteiger partial charge is 0.262 e. The van der Waals surface area contributed by atoms with Gasteiger partial charge in [0.05, 0.1) is 16.7 Å². The standard InChI is InChI=1S/C20H20ClN3O2S/c1-13(2)24-19(26)15-8-4-6-10-17(15)23-20(24)27-12-18(25)22-11-14-7-3-5-9-16(14)21/h3-10,13H,11-12H2,1-2H3,(H,22,25). The fourth-order valence-electron chi connectivity index (χ4n) is 2.70. The second-order valence-electron chi connectivity index (χ2n) is 6.34. The van der Waals surface area contributed by atoms with Gasteiger partial charge in [0.1, 0.15) is 0 Å². The average Bonchev–Trinajstić information content (AvgIpc) is 2.65. The largest absolute Gasteiger partial charge is 0.351 e. The van der Waals surface area contributed by atoms with E-state index in [-0.39, 0.29) is 23.3 Å². The van der Waals surface area contributed by atoms with Crippen LogP contribution >= 0.6 is 23.4 Å². The summed E-state index contributed by atoms with van der Waals surface area (Å²) in [5, 5.41) is 4.60. The molecule has 0 saturated carbocycles. The maximum atomic E-state index is 12.8. The topological polar surface area (TPSA) is 64.0 Å². The highest BCUT2D eigenvalue weighted by atomic mass is 35.5. The molecule has 3 rings (SSSR count). The van der Waals surface area contributed by atoms with E-state index in [0.717, 1.165) is 5.56 Å². The van der Waals surface area contributed by atoms with E-state index in [4.69, 9.17) is 11.6 Å². The maximum Gasteiger partial charge on any atom is 0.262 e. The number of amides is 1. The van der Waals surface area contributed by atoms with Crippen LogP contribution in [0.2, 0.25) is 5.02 Å². The van der Waals surface area contributed by atoms with Gasteiger partial charge in [-0.25, -0.2) is 4.98 Å². The second kappa shape index (κ2) is 8.59. The summed E-state index contributed by atoms with van der Waals surface area (Å²) >= 11 is 7.36. The van der Waals surface area contributed by atoms with Crippen LogP contribution in [0.25, 0.3) is 10.9 Å². The minimum absolute atomic E-state index is 0.0525. The fourth-order valence-corrected chi connectivity index (χ4v) is 3.86. The summed E-state index contributed by atoms with van der Waals surface area (Å²) in [6, 6.07) is 14.6. The molecule has 27 heavy (non-hydrogen) atoms. The van der Waals surface area contributed by atoms with Gasteiger partial charge in [-0.1, -0.05) is 53.7 Å². The Morgan fingerprint density at radius 1 is 1.19 bits per heavy atom. The van der Waals surface area contributed by atoms with Gasteiger partial charge in [0.2, 0.25) is 5.91 Å². The van der Waals surface area contributed by atoms with Crippen LogP contribution in [0.5, 0.6) is 0 Å². The number of para-hydroxylation sites is 1. The first-order chi connectivity index (χ1) is 13.0. The zero-order valence-corrected chi connectivity index (χ0v) is 16.7. The van der Waals surface area contributed by atoms with Crippen molar-refractivity contribution >= 4 is 40.2 Å². The lowest BCUT2D eigenvalue weighted by molar-refractivity contribution is -0.118. The first-order valence-corrected chi connectivity index (χ1v) is 9.98. The molecule has 1 N–H and O–H groups in total. The zero-order chi connectivity index (χ0) is 19.4. The maximum absolute atomic E-state index is 12.8. The average molecular weight is 402 g/mol. The van der Waals surface area contributed by atoms with Crippen molar-refractivity contribution in [1.29, 1.82) is 0 Å². The van der Waals surface area contributed by atoms with E-state index in [1.807, 2.05) is 50.2 Å². The quantitative estimate of drug-likeness (QED) is 0.500. The van der Waals surface area contributed by atoms with Gasteiger partial charge in [-0.2, -0.15) is 0 Å². The molecule has 0 saturated heterocycles. The molecule has 1 aromatic heterocycles. The molecule has 0 aliphatic rings. The third kappa shape index (κ3) is 4.51. The number of halogens is 1. The van der Waals surface area contributed by atoms with E-state index in [9.17, 15) is 9.59 Å². The van der Waals surface area contributed by atoms with Gasteiger partial charge < -0.3 is 5.32 Å². The molecular weight excluding hydrogens is 382 g/mol. The number of carbonyl (C=O) groups excluding carboxylic acids is 1. The molecule has 0 unspecified atom stereocenters. The second-order valence-corrected chi connectivity index (χ2v) is 7.69. The third-order valence-electron chi connectivity index (χ3n) is 4.06. The van der Waals surface area contributed by atoms with Crippen molar-refractivity contribution in [3.63, 3.8) is 0 Å². The van der Waals surface area contributed by atoms with Crippen LogP contribution in [0, 0.1) is 0 Å². The minimum atomic E-state index is -0.141. The van der Waals surface area contributed by atoms with E-state index < -0.39 is 0 Å². The highest BCUT2D eigenvalue weighted by Crippen LogP contribution is 2.21. The Bertz CT molecular complexity index is 1030. The summed E-state index contributed by atoms with van der Waals surface area (Å²) in [4.78, 5) is 29.6. The highest BCUT2D eigenvalue weighted by molar-refractivity contribution is 7.99. The summed E-state index contributed by atoms with van der Waals surface area (Å²) < 4.78 is 1.63. The number of carbonyl (C=O) groups is 1. The van der Waals surface area contributed by atoms with E-state index in [1.54, 1.807) is 16.7 Å². The number of benzene rings is 2. The monoisotopic (exact) mass is 401 g/mol. The SMILES string of the molecule is CC(C)n1c(SCC(=O)NCc2ccccc2Cl)nc2ccccc2c1=O. The fraction of sp³-hybridized carbons (Fsp3) is 0.250. The number of aromatic nitrogens is 2. The van der Waals surface area contributed by atoms with Crippen molar-refractivity contribution in [1.82, 2.24) is 14.9 Å². The molecule has 5 nitrogen and oxygen atoms in total. The minimum Gasteiger partial charge on any atom is -0.351 e. The number of hydrogen-bond donors (Lipinski definition) is 1. The lowest BCUT2D eigenvalue weighted by atomic mass is 10.2. The van der Waals surface area contributed by atoms with Crippen LogP contribution < -0.4 is 10.9 Å². The number of nitrogens with one attached hydrogen (secondary N) is 1. The Morgan fingerprint density at radius 3 is 2.63 bits per heavy atom. The molecule has 0 bridgehead atoms. The lowest BCUT2D eigenvalue weighted by Crippen LogP contribution is -2.27. The highest BCUT2D eigenvalue weighted by Gasteiger charge is 2.15. The number of nitrogens with zero attached hydrogens (tertiary/aromatic N) is 2. The van der Waals surface area contributed by atoms with E-state index in [2.05, 4.69) is 10.3 Å². The van der Waals surface area contributed by atoms with Crippen LogP contribution in [-0.2, 0) is 11.3 Å². The van der Waals surface area contributed by atoms with Gasteiger partial charge in [-0.15, -0.1) is 0 Å². The number of thioether (sulfide) groups is 1. The first kappa shape index (κ1) is 19.5. The van der Waals surface area contributed by atoms with Gasteiger partial charge in [0, 0.05) is 17.6 Å². The van der Waals surface area contributed by atoms with Crippen LogP contribution in [0.1, 0.15) is 25.5 Å². The Labute approximate surface area is 166 Å². The Balaban J connectivity index is 1.74. The Hall–Kier alpha value is -2.31. The van der Waals surface area contributed by atoms with Crippen molar-refractivity contribution < 1.29 is 4.79 Å². The van der Waals surface area contributed by atoms with Crippen LogP contribution in [0.4, 0.5) is 0 Å². The molecule has 0 fully saturated rings. The lowest BCUT2D eigenvalue weighted by Gasteiger charge is -2.16. The summed E-state index contributed by atoms with van der Waals surface area (Å²) in [6.45, 7) is 4.22.